The van der Waals surface area contributed by atoms with Crippen LogP contribution in [0.25, 0.3) is 0 Å². The van der Waals surface area contributed by atoms with E-state index in [1.54, 1.807) is 12.5 Å². The summed E-state index contributed by atoms with van der Waals surface area (Å²) < 4.78 is 0. The van der Waals surface area contributed by atoms with Gasteiger partial charge in [0, 0.05) is 18.8 Å². The van der Waals surface area contributed by atoms with Gasteiger partial charge < -0.3 is 0 Å². The Morgan fingerprint density at radius 2 is 2.28 bits per heavy atom. The molecule has 0 aliphatic carbocycles. The minimum atomic E-state index is 0.182. The largest absolute Gasteiger partial charge is 0.292 e. The minimum Gasteiger partial charge on any atom is -0.292 e. The summed E-state index contributed by atoms with van der Waals surface area (Å²) in [5.41, 5.74) is 2.74. The highest BCUT2D eigenvalue weighted by Crippen LogP contribution is 2.22. The molecule has 2 heterocycles. The molecule has 0 aliphatic rings. The fraction of sp³-hybridized carbons (Fsp3) is 0.417. The van der Waals surface area contributed by atoms with Gasteiger partial charge in [0.1, 0.15) is 6.33 Å². The number of nitrogens with zero attached hydrogens (tertiary/aromatic N) is 4. The van der Waals surface area contributed by atoms with Gasteiger partial charge in [-0.05, 0) is 27.0 Å². The normalized spacial score (nSPS) is 12.9. The predicted octanol–water partition coefficient (Wildman–Crippen LogP) is 2.35. The van der Waals surface area contributed by atoms with E-state index < -0.39 is 0 Å². The monoisotopic (exact) mass is 265 g/mol. The fourth-order valence-corrected chi connectivity index (χ4v) is 1.86. The molecule has 0 spiro atoms. The molecule has 6 heteroatoms. The molecule has 0 radical (unpaired) electrons. The minimum absolute atomic E-state index is 0.182. The Kier molecular flexibility index (Phi) is 3.93. The number of rotatable bonds is 4. The van der Waals surface area contributed by atoms with E-state index >= 15 is 0 Å². The van der Waals surface area contributed by atoms with Crippen LogP contribution < -0.4 is 0 Å². The van der Waals surface area contributed by atoms with E-state index in [2.05, 4.69) is 32.0 Å². The highest BCUT2D eigenvalue weighted by Gasteiger charge is 2.16. The maximum absolute atomic E-state index is 6.16. The van der Waals surface area contributed by atoms with Gasteiger partial charge in [-0.25, -0.2) is 9.97 Å². The van der Waals surface area contributed by atoms with Gasteiger partial charge in [-0.1, -0.05) is 11.6 Å². The molecule has 0 amide bonds. The number of aromatic nitrogens is 4. The highest BCUT2D eigenvalue weighted by molar-refractivity contribution is 6.31. The molecule has 18 heavy (non-hydrogen) atoms. The number of hydrogen-bond acceptors (Lipinski definition) is 4. The first-order valence-electron chi connectivity index (χ1n) is 5.75. The molecular formula is C12H16ClN5. The second-order valence-electron chi connectivity index (χ2n) is 4.33. The Morgan fingerprint density at radius 1 is 1.50 bits per heavy atom. The average Bonchev–Trinajstić information content (AvgIpc) is 2.71. The molecule has 0 saturated carbocycles. The zero-order chi connectivity index (χ0) is 13.1. The van der Waals surface area contributed by atoms with Crippen LogP contribution in [0.15, 0.2) is 18.6 Å². The number of halogens is 1. The van der Waals surface area contributed by atoms with Crippen molar-refractivity contribution in [2.75, 3.05) is 7.05 Å². The smallest absolute Gasteiger partial charge is 0.115 e. The second kappa shape index (κ2) is 5.46. The van der Waals surface area contributed by atoms with Gasteiger partial charge in [0.2, 0.25) is 0 Å². The third kappa shape index (κ3) is 2.68. The van der Waals surface area contributed by atoms with Crippen molar-refractivity contribution in [2.45, 2.75) is 26.4 Å². The van der Waals surface area contributed by atoms with Crippen molar-refractivity contribution < 1.29 is 0 Å². The summed E-state index contributed by atoms with van der Waals surface area (Å²) in [5.74, 6) is 0. The molecule has 1 N–H and O–H groups in total. The molecule has 0 saturated heterocycles. The number of aryl methyl sites for hydroxylation is 1. The zero-order valence-electron chi connectivity index (χ0n) is 10.7. The lowest BCUT2D eigenvalue weighted by Gasteiger charge is -2.23. The summed E-state index contributed by atoms with van der Waals surface area (Å²) >= 11 is 6.16. The van der Waals surface area contributed by atoms with E-state index in [9.17, 15) is 0 Å². The first-order valence-corrected chi connectivity index (χ1v) is 6.13. The number of hydrogen-bond donors (Lipinski definition) is 1. The van der Waals surface area contributed by atoms with Crippen molar-refractivity contribution in [1.82, 2.24) is 25.1 Å². The first kappa shape index (κ1) is 13.0. The van der Waals surface area contributed by atoms with E-state index in [1.165, 1.54) is 0 Å². The van der Waals surface area contributed by atoms with E-state index in [4.69, 9.17) is 11.6 Å². The van der Waals surface area contributed by atoms with E-state index in [1.807, 2.05) is 20.0 Å². The Bertz CT molecular complexity index is 510. The summed E-state index contributed by atoms with van der Waals surface area (Å²) in [6.07, 6.45) is 3.31. The quantitative estimate of drug-likeness (QED) is 0.922. The van der Waals surface area contributed by atoms with Crippen LogP contribution in [0.5, 0.6) is 0 Å². The molecule has 0 aromatic carbocycles. The van der Waals surface area contributed by atoms with Gasteiger partial charge in [-0.2, -0.15) is 5.10 Å². The lowest BCUT2D eigenvalue weighted by Crippen LogP contribution is -2.23. The van der Waals surface area contributed by atoms with Gasteiger partial charge in [-0.3, -0.25) is 10.00 Å². The summed E-state index contributed by atoms with van der Waals surface area (Å²) in [7, 11) is 2.02. The van der Waals surface area contributed by atoms with Gasteiger partial charge >= 0.3 is 0 Å². The Hall–Kier alpha value is -1.46. The molecule has 1 unspecified atom stereocenters. The van der Waals surface area contributed by atoms with Crippen molar-refractivity contribution in [3.63, 3.8) is 0 Å². The van der Waals surface area contributed by atoms with Crippen LogP contribution >= 0.6 is 11.6 Å². The van der Waals surface area contributed by atoms with Gasteiger partial charge in [0.25, 0.3) is 0 Å². The molecule has 2 aromatic rings. The van der Waals surface area contributed by atoms with Crippen molar-refractivity contribution in [2.24, 2.45) is 0 Å². The molecule has 1 atom stereocenters. The van der Waals surface area contributed by atoms with Crippen molar-refractivity contribution >= 4 is 11.6 Å². The van der Waals surface area contributed by atoms with Crippen molar-refractivity contribution in [1.29, 1.82) is 0 Å². The van der Waals surface area contributed by atoms with Crippen LogP contribution in [-0.4, -0.2) is 32.1 Å². The Labute approximate surface area is 111 Å². The molecule has 96 valence electrons. The van der Waals surface area contributed by atoms with E-state index in [-0.39, 0.29) is 6.04 Å². The molecule has 2 aromatic heterocycles. The maximum atomic E-state index is 6.16. The Balaban J connectivity index is 2.08. The van der Waals surface area contributed by atoms with Crippen molar-refractivity contribution in [3.05, 3.63) is 40.7 Å². The second-order valence-corrected chi connectivity index (χ2v) is 4.71. The van der Waals surface area contributed by atoms with Crippen LogP contribution in [0.2, 0.25) is 5.02 Å². The molecule has 0 fully saturated rings. The van der Waals surface area contributed by atoms with Gasteiger partial charge in [-0.15, -0.1) is 0 Å². The molecule has 5 nitrogen and oxygen atoms in total. The van der Waals surface area contributed by atoms with Crippen LogP contribution in [-0.2, 0) is 6.54 Å². The average molecular weight is 266 g/mol. The SMILES string of the molecule is Cc1[nH]nc(CN(C)C(C)c2ccncn2)c1Cl. The fourth-order valence-electron chi connectivity index (χ4n) is 1.72. The van der Waals surface area contributed by atoms with E-state index in [0.717, 1.165) is 17.1 Å². The molecular weight excluding hydrogens is 250 g/mol. The molecule has 0 aliphatic heterocycles. The molecule has 0 bridgehead atoms. The predicted molar refractivity (Wildman–Crippen MR) is 70.2 cm³/mol. The van der Waals surface area contributed by atoms with Gasteiger partial charge in [0.15, 0.2) is 0 Å². The van der Waals surface area contributed by atoms with Gasteiger partial charge in [0.05, 0.1) is 22.1 Å². The Morgan fingerprint density at radius 3 is 2.83 bits per heavy atom. The summed E-state index contributed by atoms with van der Waals surface area (Å²) in [6.45, 7) is 4.68. The number of nitrogens with one attached hydrogen (secondary N) is 1. The highest BCUT2D eigenvalue weighted by atomic mass is 35.5. The van der Waals surface area contributed by atoms with Crippen molar-refractivity contribution in [3.8, 4) is 0 Å². The summed E-state index contributed by atoms with van der Waals surface area (Å²) in [6, 6.07) is 2.10. The lowest BCUT2D eigenvalue weighted by molar-refractivity contribution is 0.245. The van der Waals surface area contributed by atoms with E-state index in [0.29, 0.717) is 11.6 Å². The van der Waals surface area contributed by atoms with Crippen LogP contribution in [0, 0.1) is 6.92 Å². The standard InChI is InChI=1S/C12H16ClN5/c1-8-12(13)11(17-16-8)6-18(3)9(2)10-4-5-14-7-15-10/h4-5,7,9H,6H2,1-3H3,(H,16,17). The third-order valence-corrected chi connectivity index (χ3v) is 3.54. The first-order chi connectivity index (χ1) is 8.59. The number of aromatic amines is 1. The van der Waals surface area contributed by atoms with Crippen LogP contribution in [0.3, 0.4) is 0 Å². The third-order valence-electron chi connectivity index (χ3n) is 3.03. The van der Waals surface area contributed by atoms with Crippen LogP contribution in [0.4, 0.5) is 0 Å². The summed E-state index contributed by atoms with van der Waals surface area (Å²) in [4.78, 5) is 10.3. The summed E-state index contributed by atoms with van der Waals surface area (Å²) in [5, 5.41) is 7.79. The maximum Gasteiger partial charge on any atom is 0.115 e. The zero-order valence-corrected chi connectivity index (χ0v) is 11.4. The lowest BCUT2D eigenvalue weighted by atomic mass is 10.2. The number of H-pyrrole nitrogens is 1. The molecule has 2 rings (SSSR count). The van der Waals surface area contributed by atoms with Crippen LogP contribution in [0.1, 0.15) is 30.0 Å². The topological polar surface area (TPSA) is 57.7 Å².